The fourth-order valence-corrected chi connectivity index (χ4v) is 9.15. The van der Waals surface area contributed by atoms with Gasteiger partial charge in [-0.2, -0.15) is 0 Å². The van der Waals surface area contributed by atoms with E-state index in [-0.39, 0.29) is 5.41 Å². The minimum absolute atomic E-state index is 0.331. The van der Waals surface area contributed by atoms with Crippen molar-refractivity contribution in [2.45, 2.75) is 18.3 Å². The van der Waals surface area contributed by atoms with Crippen molar-refractivity contribution >= 4 is 11.4 Å². The molecule has 3 aliphatic rings. The lowest BCUT2D eigenvalue weighted by molar-refractivity contribution is 0.628. The smallest absolute Gasteiger partial charge is 0.0726 e. The summed E-state index contributed by atoms with van der Waals surface area (Å²) in [5.74, 6) is 0.665. The maximum atomic E-state index is 2.49. The summed E-state index contributed by atoms with van der Waals surface area (Å²) in [7, 11) is 0. The first-order valence-corrected chi connectivity index (χ1v) is 18.1. The normalized spacial score (nSPS) is 17.3. The van der Waals surface area contributed by atoms with Crippen LogP contribution in [0.2, 0.25) is 0 Å². The summed E-state index contributed by atoms with van der Waals surface area (Å²) in [6.45, 7) is 2.35. The Hall–Kier alpha value is -6.18. The molecule has 0 heterocycles. The maximum absolute atomic E-state index is 2.49. The fraction of sp³-hybridized carbons (Fsp3) is 0.0800. The predicted molar refractivity (Wildman–Crippen MR) is 212 cm³/mol. The summed E-state index contributed by atoms with van der Waals surface area (Å²) in [5, 5.41) is 0. The van der Waals surface area contributed by atoms with Crippen LogP contribution in [-0.4, -0.2) is 0 Å². The molecular weight excluding hydrogens is 615 g/mol. The van der Waals surface area contributed by atoms with Crippen LogP contribution in [-0.2, 0) is 5.41 Å². The summed E-state index contributed by atoms with van der Waals surface area (Å²) < 4.78 is 0. The number of rotatable bonds is 5. The van der Waals surface area contributed by atoms with Gasteiger partial charge in [0.1, 0.15) is 0 Å². The molecule has 0 radical (unpaired) electrons. The molecule has 0 aliphatic heterocycles. The van der Waals surface area contributed by atoms with Crippen molar-refractivity contribution in [1.82, 2.24) is 0 Å². The standard InChI is InChI=1S/C50H37N/c1-34-32-39(28-30-41(34)37-16-6-3-7-17-37)51(38-26-24-36(25-27-38)35-14-4-2-5-15-35)40-29-31-45-44-20-10-13-23-48(44)50(49(45)33-40)46-21-11-8-18-42(46)43-19-9-12-22-47(43)50/h2-34,41H,1H3. The molecule has 2 unspecified atom stereocenters. The van der Waals surface area contributed by atoms with Crippen molar-refractivity contribution in [2.24, 2.45) is 5.92 Å². The molecule has 0 N–H and O–H groups in total. The zero-order chi connectivity index (χ0) is 33.9. The molecule has 0 fully saturated rings. The third kappa shape index (κ3) is 4.48. The van der Waals surface area contributed by atoms with E-state index in [9.17, 15) is 0 Å². The zero-order valence-electron chi connectivity index (χ0n) is 28.6. The van der Waals surface area contributed by atoms with Gasteiger partial charge in [0.25, 0.3) is 0 Å². The van der Waals surface area contributed by atoms with Crippen LogP contribution in [0.4, 0.5) is 11.4 Å². The topological polar surface area (TPSA) is 3.24 Å². The van der Waals surface area contributed by atoms with Crippen molar-refractivity contribution in [3.05, 3.63) is 228 Å². The van der Waals surface area contributed by atoms with E-state index in [4.69, 9.17) is 0 Å². The molecule has 0 saturated carbocycles. The lowest BCUT2D eigenvalue weighted by Gasteiger charge is -2.34. The van der Waals surface area contributed by atoms with E-state index < -0.39 is 0 Å². The lowest BCUT2D eigenvalue weighted by atomic mass is 9.70. The third-order valence-electron chi connectivity index (χ3n) is 11.4. The van der Waals surface area contributed by atoms with Gasteiger partial charge in [-0.3, -0.25) is 0 Å². The van der Waals surface area contributed by atoms with Crippen LogP contribution in [0.5, 0.6) is 0 Å². The highest BCUT2D eigenvalue weighted by Crippen LogP contribution is 2.63. The van der Waals surface area contributed by atoms with Crippen molar-refractivity contribution in [1.29, 1.82) is 0 Å². The minimum atomic E-state index is -0.388. The van der Waals surface area contributed by atoms with Gasteiger partial charge in [-0.05, 0) is 97.5 Å². The average molecular weight is 652 g/mol. The second-order valence-corrected chi connectivity index (χ2v) is 14.1. The number of nitrogens with zero attached hydrogens (tertiary/aromatic N) is 1. The van der Waals surface area contributed by atoms with Gasteiger partial charge in [0.15, 0.2) is 0 Å². The van der Waals surface area contributed by atoms with Crippen LogP contribution in [0, 0.1) is 5.92 Å². The Bertz CT molecular complexity index is 2420. The highest BCUT2D eigenvalue weighted by molar-refractivity contribution is 5.96. The molecule has 2 atom stereocenters. The molecule has 7 aromatic rings. The Labute approximate surface area is 300 Å². The average Bonchev–Trinajstić information content (AvgIpc) is 3.66. The number of hydrogen-bond donors (Lipinski definition) is 0. The lowest BCUT2D eigenvalue weighted by Crippen LogP contribution is -2.26. The second kappa shape index (κ2) is 11.7. The third-order valence-corrected chi connectivity index (χ3v) is 11.4. The van der Waals surface area contributed by atoms with E-state index in [0.29, 0.717) is 11.8 Å². The van der Waals surface area contributed by atoms with Crippen LogP contribution in [0.3, 0.4) is 0 Å². The van der Waals surface area contributed by atoms with E-state index in [1.54, 1.807) is 0 Å². The quantitative estimate of drug-likeness (QED) is 0.179. The fourth-order valence-electron chi connectivity index (χ4n) is 9.15. The minimum Gasteiger partial charge on any atom is -0.311 e. The summed E-state index contributed by atoms with van der Waals surface area (Å²) in [4.78, 5) is 2.46. The molecule has 51 heavy (non-hydrogen) atoms. The molecule has 3 aliphatic carbocycles. The van der Waals surface area contributed by atoms with E-state index in [0.717, 1.165) is 11.4 Å². The van der Waals surface area contributed by atoms with Gasteiger partial charge in [-0.15, -0.1) is 0 Å². The molecule has 0 aromatic heterocycles. The molecule has 1 heteroatoms. The Morgan fingerprint density at radius 2 is 0.941 bits per heavy atom. The van der Waals surface area contributed by atoms with E-state index >= 15 is 0 Å². The van der Waals surface area contributed by atoms with Gasteiger partial charge in [0, 0.05) is 23.0 Å². The van der Waals surface area contributed by atoms with Gasteiger partial charge in [-0.25, -0.2) is 0 Å². The molecule has 1 nitrogen and oxygen atoms in total. The zero-order valence-corrected chi connectivity index (χ0v) is 28.6. The van der Waals surface area contributed by atoms with Crippen molar-refractivity contribution in [3.8, 4) is 33.4 Å². The van der Waals surface area contributed by atoms with Gasteiger partial charge in [0.2, 0.25) is 0 Å². The van der Waals surface area contributed by atoms with Crippen molar-refractivity contribution < 1.29 is 0 Å². The molecule has 0 amide bonds. The van der Waals surface area contributed by atoms with Crippen LogP contribution < -0.4 is 4.90 Å². The van der Waals surface area contributed by atoms with Crippen LogP contribution in [0.25, 0.3) is 33.4 Å². The van der Waals surface area contributed by atoms with Crippen molar-refractivity contribution in [2.75, 3.05) is 4.90 Å². The first-order valence-electron chi connectivity index (χ1n) is 18.1. The Morgan fingerprint density at radius 3 is 1.53 bits per heavy atom. The number of allylic oxidation sites excluding steroid dienone is 3. The Morgan fingerprint density at radius 1 is 0.451 bits per heavy atom. The number of fused-ring (bicyclic) bond motifs is 10. The van der Waals surface area contributed by atoms with E-state index in [2.05, 4.69) is 206 Å². The number of anilines is 2. The summed E-state index contributed by atoms with van der Waals surface area (Å²) in [6, 6.07) is 64.9. The molecule has 7 aromatic carbocycles. The maximum Gasteiger partial charge on any atom is 0.0726 e. The van der Waals surface area contributed by atoms with Crippen LogP contribution >= 0.6 is 0 Å². The molecule has 0 saturated heterocycles. The second-order valence-electron chi connectivity index (χ2n) is 14.1. The van der Waals surface area contributed by atoms with E-state index in [1.165, 1.54) is 66.9 Å². The predicted octanol–water partition coefficient (Wildman–Crippen LogP) is 12.7. The van der Waals surface area contributed by atoms with Gasteiger partial charge < -0.3 is 4.90 Å². The SMILES string of the molecule is CC1C=C(N(c2ccc(-c3ccccc3)cc2)c2ccc3c(c2)C2(c4ccccc4-c4ccccc42)c2ccccc2-3)C=CC1c1ccccc1. The summed E-state index contributed by atoms with van der Waals surface area (Å²) >= 11 is 0. The highest BCUT2D eigenvalue weighted by Gasteiger charge is 2.51. The highest BCUT2D eigenvalue weighted by atomic mass is 15.1. The van der Waals surface area contributed by atoms with Crippen LogP contribution in [0.15, 0.2) is 200 Å². The van der Waals surface area contributed by atoms with E-state index in [1.807, 2.05) is 0 Å². The van der Waals surface area contributed by atoms with Gasteiger partial charge >= 0.3 is 0 Å². The monoisotopic (exact) mass is 651 g/mol. The van der Waals surface area contributed by atoms with Gasteiger partial charge in [0.05, 0.1) is 5.41 Å². The summed E-state index contributed by atoms with van der Waals surface area (Å²) in [5.41, 5.74) is 17.6. The number of benzene rings is 7. The molecule has 10 rings (SSSR count). The first kappa shape index (κ1) is 29.7. The molecular formula is C50H37N. The molecule has 242 valence electrons. The Balaban J connectivity index is 1.17. The van der Waals surface area contributed by atoms with Gasteiger partial charge in [-0.1, -0.05) is 171 Å². The largest absolute Gasteiger partial charge is 0.311 e. The first-order chi connectivity index (χ1) is 25.2. The summed E-state index contributed by atoms with van der Waals surface area (Å²) in [6.07, 6.45) is 7.19. The molecule has 1 spiro atoms. The number of hydrogen-bond acceptors (Lipinski definition) is 1. The molecule has 0 bridgehead atoms. The van der Waals surface area contributed by atoms with Crippen molar-refractivity contribution in [3.63, 3.8) is 0 Å². The van der Waals surface area contributed by atoms with Crippen LogP contribution in [0.1, 0.15) is 40.7 Å². The Kier molecular flexibility index (Phi) is 6.82.